The zero-order valence-corrected chi connectivity index (χ0v) is 12.9. The molecule has 0 amide bonds. The van der Waals surface area contributed by atoms with Crippen molar-refractivity contribution in [3.8, 4) is 5.69 Å². The van der Waals surface area contributed by atoms with E-state index in [0.717, 1.165) is 33.7 Å². The Morgan fingerprint density at radius 2 is 1.96 bits per heavy atom. The van der Waals surface area contributed by atoms with Gasteiger partial charge in [0.15, 0.2) is 5.82 Å². The van der Waals surface area contributed by atoms with Crippen molar-refractivity contribution in [2.75, 3.05) is 0 Å². The Morgan fingerprint density at radius 3 is 2.57 bits per heavy atom. The standard InChI is InChI=1S/C15H15F2N5O/c1-8-9(2)20-21(10(8)3)7-14-18-19-15(23)22(14)13-5-4-11(16)6-12(13)17/h4-6H,7H2,1-3H3,(H,19,23). The van der Waals surface area contributed by atoms with Crippen molar-refractivity contribution in [3.05, 3.63) is 63.1 Å². The zero-order chi connectivity index (χ0) is 16.7. The molecule has 0 bridgehead atoms. The van der Waals surface area contributed by atoms with Gasteiger partial charge in [0.1, 0.15) is 18.2 Å². The van der Waals surface area contributed by atoms with E-state index in [1.165, 1.54) is 6.07 Å². The van der Waals surface area contributed by atoms with Crippen LogP contribution in [0.25, 0.3) is 5.69 Å². The molecule has 120 valence electrons. The van der Waals surface area contributed by atoms with Crippen LogP contribution in [0.4, 0.5) is 8.78 Å². The fourth-order valence-electron chi connectivity index (χ4n) is 2.42. The molecule has 1 N–H and O–H groups in total. The van der Waals surface area contributed by atoms with E-state index in [1.807, 2.05) is 20.8 Å². The molecule has 0 fully saturated rings. The quantitative estimate of drug-likeness (QED) is 0.803. The van der Waals surface area contributed by atoms with E-state index in [9.17, 15) is 13.6 Å². The molecule has 0 aliphatic heterocycles. The van der Waals surface area contributed by atoms with Crippen molar-refractivity contribution in [2.24, 2.45) is 0 Å². The third-order valence-corrected chi connectivity index (χ3v) is 3.93. The summed E-state index contributed by atoms with van der Waals surface area (Å²) in [6.45, 7) is 5.93. The van der Waals surface area contributed by atoms with Gasteiger partial charge in [0.25, 0.3) is 0 Å². The highest BCUT2D eigenvalue weighted by Crippen LogP contribution is 2.16. The maximum Gasteiger partial charge on any atom is 0.348 e. The van der Waals surface area contributed by atoms with Gasteiger partial charge < -0.3 is 0 Å². The summed E-state index contributed by atoms with van der Waals surface area (Å²) in [6, 6.07) is 3.03. The molecule has 3 aromatic rings. The monoisotopic (exact) mass is 319 g/mol. The summed E-state index contributed by atoms with van der Waals surface area (Å²) in [7, 11) is 0. The second-order valence-corrected chi connectivity index (χ2v) is 5.33. The van der Waals surface area contributed by atoms with Crippen LogP contribution in [0.1, 0.15) is 22.8 Å². The number of halogens is 2. The molecule has 0 saturated carbocycles. The Kier molecular flexibility index (Phi) is 3.59. The molecule has 2 heterocycles. The van der Waals surface area contributed by atoms with Gasteiger partial charge in [0.2, 0.25) is 0 Å². The lowest BCUT2D eigenvalue weighted by molar-refractivity contribution is 0.570. The number of hydrogen-bond acceptors (Lipinski definition) is 3. The normalized spacial score (nSPS) is 11.2. The molecular weight excluding hydrogens is 304 g/mol. The Hall–Kier alpha value is -2.77. The minimum absolute atomic E-state index is 0.0570. The molecule has 0 aliphatic rings. The first kappa shape index (κ1) is 15.1. The Morgan fingerprint density at radius 1 is 1.22 bits per heavy atom. The molecular formula is C15H15F2N5O. The van der Waals surface area contributed by atoms with Gasteiger partial charge in [0, 0.05) is 11.8 Å². The minimum atomic E-state index is -0.834. The third kappa shape index (κ3) is 2.56. The van der Waals surface area contributed by atoms with Gasteiger partial charge in [-0.05, 0) is 38.5 Å². The van der Waals surface area contributed by atoms with Crippen LogP contribution in [0.5, 0.6) is 0 Å². The maximum atomic E-state index is 14.0. The highest BCUT2D eigenvalue weighted by Gasteiger charge is 2.17. The summed E-state index contributed by atoms with van der Waals surface area (Å²) in [5.74, 6) is -1.26. The Balaban J connectivity index is 2.09. The summed E-state index contributed by atoms with van der Waals surface area (Å²) in [5.41, 5.74) is 2.20. The van der Waals surface area contributed by atoms with Crippen molar-refractivity contribution in [2.45, 2.75) is 27.3 Å². The maximum absolute atomic E-state index is 14.0. The number of benzene rings is 1. The molecule has 2 aromatic heterocycles. The third-order valence-electron chi connectivity index (χ3n) is 3.93. The van der Waals surface area contributed by atoms with Crippen LogP contribution < -0.4 is 5.69 Å². The predicted octanol–water partition coefficient (Wildman–Crippen LogP) is 2.01. The Labute approximate surface area is 130 Å². The topological polar surface area (TPSA) is 68.5 Å². The van der Waals surface area contributed by atoms with E-state index in [-0.39, 0.29) is 18.1 Å². The van der Waals surface area contributed by atoms with Crippen molar-refractivity contribution >= 4 is 0 Å². The molecule has 3 rings (SSSR count). The minimum Gasteiger partial charge on any atom is -0.262 e. The van der Waals surface area contributed by atoms with Crippen molar-refractivity contribution in [1.29, 1.82) is 0 Å². The first-order valence-corrected chi connectivity index (χ1v) is 7.01. The van der Waals surface area contributed by atoms with Gasteiger partial charge in [-0.2, -0.15) is 10.2 Å². The van der Waals surface area contributed by atoms with E-state index in [1.54, 1.807) is 4.68 Å². The second-order valence-electron chi connectivity index (χ2n) is 5.33. The highest BCUT2D eigenvalue weighted by atomic mass is 19.1. The van der Waals surface area contributed by atoms with Crippen LogP contribution in [0.15, 0.2) is 23.0 Å². The molecule has 6 nitrogen and oxygen atoms in total. The highest BCUT2D eigenvalue weighted by molar-refractivity contribution is 5.34. The number of aryl methyl sites for hydroxylation is 1. The van der Waals surface area contributed by atoms with Crippen LogP contribution in [0.2, 0.25) is 0 Å². The molecule has 0 aliphatic carbocycles. The number of hydrogen-bond donors (Lipinski definition) is 1. The van der Waals surface area contributed by atoms with E-state index in [4.69, 9.17) is 0 Å². The van der Waals surface area contributed by atoms with Crippen molar-refractivity contribution in [1.82, 2.24) is 24.5 Å². The van der Waals surface area contributed by atoms with Gasteiger partial charge in [-0.25, -0.2) is 23.2 Å². The SMILES string of the molecule is Cc1nn(Cc2n[nH]c(=O)n2-c2ccc(F)cc2F)c(C)c1C. The fourth-order valence-corrected chi connectivity index (χ4v) is 2.42. The van der Waals surface area contributed by atoms with Gasteiger partial charge in [-0.15, -0.1) is 0 Å². The summed E-state index contributed by atoms with van der Waals surface area (Å²) >= 11 is 0. The van der Waals surface area contributed by atoms with Crippen LogP contribution in [0.3, 0.4) is 0 Å². The average molecular weight is 319 g/mol. The summed E-state index contributed by atoms with van der Waals surface area (Å²) in [6.07, 6.45) is 0. The zero-order valence-electron chi connectivity index (χ0n) is 12.9. The molecule has 1 aromatic carbocycles. The molecule has 0 saturated heterocycles. The number of aromatic nitrogens is 5. The van der Waals surface area contributed by atoms with E-state index in [2.05, 4.69) is 15.3 Å². The second kappa shape index (κ2) is 5.45. The molecule has 0 unspecified atom stereocenters. The molecule has 0 spiro atoms. The van der Waals surface area contributed by atoms with E-state index >= 15 is 0 Å². The lowest BCUT2D eigenvalue weighted by Gasteiger charge is -2.08. The lowest BCUT2D eigenvalue weighted by Crippen LogP contribution is -2.20. The largest absolute Gasteiger partial charge is 0.348 e. The first-order valence-electron chi connectivity index (χ1n) is 7.01. The van der Waals surface area contributed by atoms with Crippen LogP contribution in [-0.4, -0.2) is 24.5 Å². The molecule has 0 radical (unpaired) electrons. The Bertz CT molecular complexity index is 938. The van der Waals surface area contributed by atoms with Gasteiger partial charge in [-0.1, -0.05) is 0 Å². The first-order chi connectivity index (χ1) is 10.9. The predicted molar refractivity (Wildman–Crippen MR) is 79.6 cm³/mol. The molecule has 23 heavy (non-hydrogen) atoms. The molecule has 0 atom stereocenters. The number of aromatic amines is 1. The van der Waals surface area contributed by atoms with Crippen LogP contribution in [0, 0.1) is 32.4 Å². The van der Waals surface area contributed by atoms with Gasteiger partial charge in [-0.3, -0.25) is 4.68 Å². The number of H-pyrrole nitrogens is 1. The van der Waals surface area contributed by atoms with E-state index < -0.39 is 17.3 Å². The van der Waals surface area contributed by atoms with Crippen molar-refractivity contribution < 1.29 is 8.78 Å². The summed E-state index contributed by atoms with van der Waals surface area (Å²) in [4.78, 5) is 12.0. The smallest absolute Gasteiger partial charge is 0.262 e. The lowest BCUT2D eigenvalue weighted by atomic mass is 10.2. The van der Waals surface area contributed by atoms with E-state index in [0.29, 0.717) is 0 Å². The average Bonchev–Trinajstić information content (AvgIpc) is 2.96. The number of rotatable bonds is 3. The van der Waals surface area contributed by atoms with Crippen LogP contribution >= 0.6 is 0 Å². The summed E-state index contributed by atoms with van der Waals surface area (Å²) < 4.78 is 29.8. The summed E-state index contributed by atoms with van der Waals surface area (Å²) in [5, 5.41) is 10.6. The molecule has 8 heteroatoms. The fraction of sp³-hybridized carbons (Fsp3) is 0.267. The number of nitrogens with zero attached hydrogens (tertiary/aromatic N) is 4. The number of nitrogens with one attached hydrogen (secondary N) is 1. The van der Waals surface area contributed by atoms with Gasteiger partial charge >= 0.3 is 5.69 Å². The van der Waals surface area contributed by atoms with Crippen LogP contribution in [-0.2, 0) is 6.54 Å². The van der Waals surface area contributed by atoms with Crippen molar-refractivity contribution in [3.63, 3.8) is 0 Å². The van der Waals surface area contributed by atoms with Gasteiger partial charge in [0.05, 0.1) is 11.4 Å².